The van der Waals surface area contributed by atoms with Gasteiger partial charge in [0.05, 0.1) is 5.52 Å². The number of benzene rings is 1. The van der Waals surface area contributed by atoms with E-state index in [1.54, 1.807) is 5.56 Å². The summed E-state index contributed by atoms with van der Waals surface area (Å²) in [5, 5.41) is 1.47. The molecule has 1 aromatic carbocycles. The van der Waals surface area contributed by atoms with Crippen LogP contribution in [-0.4, -0.2) is 4.57 Å². The lowest BCUT2D eigenvalue weighted by molar-refractivity contribution is 0.577. The molecule has 1 aromatic heterocycles. The van der Waals surface area contributed by atoms with E-state index in [1.165, 1.54) is 54.4 Å². The second-order valence-corrected chi connectivity index (χ2v) is 4.99. The quantitative estimate of drug-likeness (QED) is 0.623. The Hall–Kier alpha value is -1.24. The van der Waals surface area contributed by atoms with Crippen LogP contribution in [0.4, 0.5) is 0 Å². The number of nitrogens with zero attached hydrogens (tertiary/aromatic N) is 1. The van der Waals surface area contributed by atoms with E-state index in [-0.39, 0.29) is 0 Å². The molecule has 0 saturated carbocycles. The van der Waals surface area contributed by atoms with Crippen molar-refractivity contribution in [1.29, 1.82) is 0 Å². The predicted molar refractivity (Wildman–Crippen MR) is 69.0 cm³/mol. The second-order valence-electron chi connectivity index (χ2n) is 4.99. The van der Waals surface area contributed by atoms with Gasteiger partial charge in [-0.2, -0.15) is 0 Å². The van der Waals surface area contributed by atoms with Crippen LogP contribution < -0.4 is 0 Å². The monoisotopic (exact) mass is 213 g/mol. The molecule has 1 heteroatoms. The Morgan fingerprint density at radius 1 is 1.06 bits per heavy atom. The fourth-order valence-corrected chi connectivity index (χ4v) is 3.02. The summed E-state index contributed by atoms with van der Waals surface area (Å²) >= 11 is 0. The molecule has 1 nitrogen and oxygen atoms in total. The fraction of sp³-hybridized carbons (Fsp3) is 0.467. The van der Waals surface area contributed by atoms with Gasteiger partial charge in [-0.1, -0.05) is 24.6 Å². The molecule has 0 spiro atoms. The van der Waals surface area contributed by atoms with E-state index in [0.29, 0.717) is 0 Å². The zero-order chi connectivity index (χ0) is 11.1. The first kappa shape index (κ1) is 9.95. The molecule has 0 aliphatic carbocycles. The molecule has 3 rings (SSSR count). The standard InChI is InChI=1S/C15H19N/c1-11-12(2)16-10-5-3-4-7-13-8-6-9-14(11)15(13)16/h6,8-9H,3-5,7,10H2,1-2H3. The first-order valence-corrected chi connectivity index (χ1v) is 6.36. The Morgan fingerprint density at radius 3 is 2.81 bits per heavy atom. The molecule has 0 bridgehead atoms. The molecule has 0 N–H and O–H groups in total. The maximum Gasteiger partial charge on any atom is 0.0517 e. The molecule has 0 radical (unpaired) electrons. The summed E-state index contributed by atoms with van der Waals surface area (Å²) in [6, 6.07) is 6.80. The van der Waals surface area contributed by atoms with Crippen molar-refractivity contribution in [2.75, 3.05) is 0 Å². The first-order chi connectivity index (χ1) is 7.79. The molecule has 2 heterocycles. The molecule has 2 aromatic rings. The number of hydrogen-bond acceptors (Lipinski definition) is 0. The van der Waals surface area contributed by atoms with Gasteiger partial charge in [0.15, 0.2) is 0 Å². The van der Waals surface area contributed by atoms with Crippen LogP contribution in [0, 0.1) is 13.8 Å². The molecule has 0 saturated heterocycles. The molecule has 0 amide bonds. The second kappa shape index (κ2) is 3.65. The zero-order valence-electron chi connectivity index (χ0n) is 10.2. The predicted octanol–water partition coefficient (Wildman–Crippen LogP) is 3.98. The molecule has 0 fully saturated rings. The third-order valence-corrected chi connectivity index (χ3v) is 4.07. The van der Waals surface area contributed by atoms with Gasteiger partial charge in [-0.3, -0.25) is 0 Å². The Morgan fingerprint density at radius 2 is 1.94 bits per heavy atom. The molecule has 1 aliphatic rings. The maximum absolute atomic E-state index is 2.54. The minimum atomic E-state index is 1.20. The van der Waals surface area contributed by atoms with E-state index in [4.69, 9.17) is 0 Å². The Kier molecular flexibility index (Phi) is 2.27. The average molecular weight is 213 g/mol. The first-order valence-electron chi connectivity index (χ1n) is 6.36. The number of aromatic nitrogens is 1. The van der Waals surface area contributed by atoms with Crippen molar-refractivity contribution in [2.45, 2.75) is 46.1 Å². The fourth-order valence-electron chi connectivity index (χ4n) is 3.02. The largest absolute Gasteiger partial charge is 0.344 e. The molecule has 1 aliphatic heterocycles. The van der Waals surface area contributed by atoms with Gasteiger partial charge >= 0.3 is 0 Å². The maximum atomic E-state index is 2.54. The minimum Gasteiger partial charge on any atom is -0.344 e. The van der Waals surface area contributed by atoms with Crippen molar-refractivity contribution in [1.82, 2.24) is 4.57 Å². The van der Waals surface area contributed by atoms with Crippen LogP contribution in [0.2, 0.25) is 0 Å². The highest BCUT2D eigenvalue weighted by Gasteiger charge is 2.15. The summed E-state index contributed by atoms with van der Waals surface area (Å²) in [5.41, 5.74) is 5.99. The molecular formula is C15H19N. The van der Waals surface area contributed by atoms with E-state index < -0.39 is 0 Å². The number of para-hydroxylation sites is 1. The SMILES string of the molecule is Cc1c(C)n2c3c(cccc13)CCCCC2. The van der Waals surface area contributed by atoms with Gasteiger partial charge in [0.1, 0.15) is 0 Å². The van der Waals surface area contributed by atoms with Gasteiger partial charge < -0.3 is 4.57 Å². The molecule has 0 atom stereocenters. The summed E-state index contributed by atoms with van der Waals surface area (Å²) in [6.07, 6.45) is 5.30. The van der Waals surface area contributed by atoms with Crippen molar-refractivity contribution < 1.29 is 0 Å². The average Bonchev–Trinajstić information content (AvgIpc) is 2.50. The third kappa shape index (κ3) is 1.31. The van der Waals surface area contributed by atoms with Crippen LogP contribution in [0.1, 0.15) is 36.1 Å². The summed E-state index contributed by atoms with van der Waals surface area (Å²) in [6.45, 7) is 5.73. The lowest BCUT2D eigenvalue weighted by atomic mass is 10.0. The molecule has 0 unspecified atom stereocenters. The van der Waals surface area contributed by atoms with Crippen LogP contribution in [0.5, 0.6) is 0 Å². The van der Waals surface area contributed by atoms with Crippen LogP contribution in [0.15, 0.2) is 18.2 Å². The highest BCUT2D eigenvalue weighted by atomic mass is 15.0. The van der Waals surface area contributed by atoms with Crippen LogP contribution in [-0.2, 0) is 13.0 Å². The van der Waals surface area contributed by atoms with Crippen molar-refractivity contribution in [3.05, 3.63) is 35.0 Å². The van der Waals surface area contributed by atoms with E-state index in [2.05, 4.69) is 36.6 Å². The number of hydrogen-bond donors (Lipinski definition) is 0. The summed E-state index contributed by atoms with van der Waals surface area (Å²) in [5.74, 6) is 0. The van der Waals surface area contributed by atoms with Crippen molar-refractivity contribution in [3.63, 3.8) is 0 Å². The smallest absolute Gasteiger partial charge is 0.0517 e. The topological polar surface area (TPSA) is 4.93 Å². The van der Waals surface area contributed by atoms with Crippen molar-refractivity contribution in [3.8, 4) is 0 Å². The van der Waals surface area contributed by atoms with Gasteiger partial charge in [0, 0.05) is 17.6 Å². The van der Waals surface area contributed by atoms with Crippen LogP contribution in [0.3, 0.4) is 0 Å². The van der Waals surface area contributed by atoms with Crippen molar-refractivity contribution in [2.24, 2.45) is 0 Å². The Bertz CT molecular complexity index is 534. The number of rotatable bonds is 0. The molecule has 16 heavy (non-hydrogen) atoms. The van der Waals surface area contributed by atoms with Crippen LogP contribution >= 0.6 is 0 Å². The number of aryl methyl sites for hydroxylation is 3. The lowest BCUT2D eigenvalue weighted by Crippen LogP contribution is -2.05. The van der Waals surface area contributed by atoms with Gasteiger partial charge in [-0.05, 0) is 44.2 Å². The summed E-state index contributed by atoms with van der Waals surface area (Å²) in [4.78, 5) is 0. The van der Waals surface area contributed by atoms with Crippen LogP contribution in [0.25, 0.3) is 10.9 Å². The summed E-state index contributed by atoms with van der Waals surface area (Å²) < 4.78 is 2.54. The summed E-state index contributed by atoms with van der Waals surface area (Å²) in [7, 11) is 0. The Balaban J connectivity index is 2.38. The highest BCUT2D eigenvalue weighted by Crippen LogP contribution is 2.30. The van der Waals surface area contributed by atoms with E-state index in [9.17, 15) is 0 Å². The van der Waals surface area contributed by atoms with E-state index >= 15 is 0 Å². The Labute approximate surface area is 97.1 Å². The van der Waals surface area contributed by atoms with Crippen molar-refractivity contribution >= 4 is 10.9 Å². The highest BCUT2D eigenvalue weighted by molar-refractivity contribution is 5.88. The normalized spacial score (nSPS) is 16.1. The van der Waals surface area contributed by atoms with E-state index in [0.717, 1.165) is 0 Å². The molecular weight excluding hydrogens is 194 g/mol. The van der Waals surface area contributed by atoms with Gasteiger partial charge in [-0.15, -0.1) is 0 Å². The van der Waals surface area contributed by atoms with Gasteiger partial charge in [0.2, 0.25) is 0 Å². The van der Waals surface area contributed by atoms with Gasteiger partial charge in [0.25, 0.3) is 0 Å². The minimum absolute atomic E-state index is 1.20. The zero-order valence-corrected chi connectivity index (χ0v) is 10.2. The van der Waals surface area contributed by atoms with E-state index in [1.807, 2.05) is 0 Å². The van der Waals surface area contributed by atoms with Gasteiger partial charge in [-0.25, -0.2) is 0 Å². The molecule has 84 valence electrons. The third-order valence-electron chi connectivity index (χ3n) is 4.07. The lowest BCUT2D eigenvalue weighted by Gasteiger charge is -2.14.